The molecule has 0 bridgehead atoms. The third-order valence-electron chi connectivity index (χ3n) is 10.6. The van der Waals surface area contributed by atoms with Gasteiger partial charge in [0, 0.05) is 17.8 Å². The van der Waals surface area contributed by atoms with Crippen molar-refractivity contribution in [2.75, 3.05) is 7.11 Å². The molecular formula is C32H48O5. The zero-order valence-corrected chi connectivity index (χ0v) is 24.0. The summed E-state index contributed by atoms with van der Waals surface area (Å²) in [6.45, 7) is 21.3. The number of esters is 1. The lowest BCUT2D eigenvalue weighted by Crippen LogP contribution is -2.48. The summed E-state index contributed by atoms with van der Waals surface area (Å²) in [5.74, 6) is -1.52. The molecule has 2 N–H and O–H groups in total. The average molecular weight is 513 g/mol. The molecule has 0 radical (unpaired) electrons. The van der Waals surface area contributed by atoms with Gasteiger partial charge in [-0.1, -0.05) is 71.1 Å². The highest BCUT2D eigenvalue weighted by molar-refractivity contribution is 5.71. The Balaban J connectivity index is 2.04. The van der Waals surface area contributed by atoms with E-state index in [-0.39, 0.29) is 28.6 Å². The molecule has 3 aliphatic carbocycles. The van der Waals surface area contributed by atoms with E-state index >= 15 is 0 Å². The van der Waals surface area contributed by atoms with Gasteiger partial charge in [0.25, 0.3) is 0 Å². The number of aliphatic carboxylic acids is 1. The van der Waals surface area contributed by atoms with E-state index in [9.17, 15) is 19.8 Å². The molecule has 5 heteroatoms. The van der Waals surface area contributed by atoms with Crippen molar-refractivity contribution in [3.8, 4) is 0 Å². The first-order valence-electron chi connectivity index (χ1n) is 13.9. The molecule has 3 aliphatic rings. The van der Waals surface area contributed by atoms with Crippen molar-refractivity contribution in [3.63, 3.8) is 0 Å². The Morgan fingerprint density at radius 3 is 2.32 bits per heavy atom. The van der Waals surface area contributed by atoms with Gasteiger partial charge >= 0.3 is 11.9 Å². The van der Waals surface area contributed by atoms with Gasteiger partial charge in [-0.3, -0.25) is 9.59 Å². The summed E-state index contributed by atoms with van der Waals surface area (Å²) < 4.78 is 4.96. The number of hydrogen-bond donors (Lipinski definition) is 2. The zero-order chi connectivity index (χ0) is 27.9. The normalized spacial score (nSPS) is 35.6. The fourth-order valence-electron chi connectivity index (χ4n) is 7.95. The highest BCUT2D eigenvalue weighted by Gasteiger charge is 2.65. The van der Waals surface area contributed by atoms with E-state index in [0.717, 1.165) is 17.6 Å². The van der Waals surface area contributed by atoms with E-state index < -0.39 is 23.4 Å². The van der Waals surface area contributed by atoms with E-state index in [1.807, 2.05) is 0 Å². The lowest BCUT2D eigenvalue weighted by Gasteiger charge is -2.56. The standard InChI is InChI=1S/C32H48O5/c1-19(2)21(5)10-11-22(29(35)36)28-26(33)18-32(8)25-13-12-23(20(3)4)30(6,16-15-27(34)37-9)24(25)14-17-31(28,32)7/h13-14,19,22-23,26,28,33H,3,5,10-12,15-18H2,1-2,4,6-9H3,(H,35,36)/t22?,23?,26?,28?,30-,31+,32-/m0/s1. The summed E-state index contributed by atoms with van der Waals surface area (Å²) in [5.41, 5.74) is 3.58. The number of allylic oxidation sites excluding steroid dienone is 6. The highest BCUT2D eigenvalue weighted by Crippen LogP contribution is 2.70. The minimum Gasteiger partial charge on any atom is -0.481 e. The first-order valence-corrected chi connectivity index (χ1v) is 13.9. The van der Waals surface area contributed by atoms with Gasteiger partial charge in [-0.2, -0.15) is 0 Å². The molecule has 0 saturated heterocycles. The monoisotopic (exact) mass is 512 g/mol. The number of carboxylic acids is 1. The molecule has 1 saturated carbocycles. The van der Waals surface area contributed by atoms with Crippen LogP contribution in [0.25, 0.3) is 0 Å². The maximum Gasteiger partial charge on any atom is 0.306 e. The minimum atomic E-state index is -0.830. The summed E-state index contributed by atoms with van der Waals surface area (Å²) in [6.07, 6.45) is 8.10. The van der Waals surface area contributed by atoms with Crippen LogP contribution in [0, 0.1) is 39.9 Å². The van der Waals surface area contributed by atoms with E-state index in [1.165, 1.54) is 18.3 Å². The van der Waals surface area contributed by atoms with Gasteiger partial charge in [0.05, 0.1) is 19.1 Å². The smallest absolute Gasteiger partial charge is 0.306 e. The predicted octanol–water partition coefficient (Wildman–Crippen LogP) is 6.89. The van der Waals surface area contributed by atoms with Crippen molar-refractivity contribution < 1.29 is 24.5 Å². The number of aliphatic hydroxyl groups excluding tert-OH is 1. The van der Waals surface area contributed by atoms with Crippen LogP contribution in [0.15, 0.2) is 47.6 Å². The summed E-state index contributed by atoms with van der Waals surface area (Å²) in [6, 6.07) is 0. The Hall–Kier alpha value is -2.14. The van der Waals surface area contributed by atoms with Crippen molar-refractivity contribution in [1.82, 2.24) is 0 Å². The summed E-state index contributed by atoms with van der Waals surface area (Å²) in [5, 5.41) is 21.8. The zero-order valence-electron chi connectivity index (χ0n) is 24.0. The maximum atomic E-state index is 12.6. The topological polar surface area (TPSA) is 83.8 Å². The Labute approximate surface area is 223 Å². The Morgan fingerprint density at radius 1 is 1.14 bits per heavy atom. The van der Waals surface area contributed by atoms with Crippen LogP contribution in [0.1, 0.15) is 86.5 Å². The summed E-state index contributed by atoms with van der Waals surface area (Å²) in [7, 11) is 1.43. The number of aliphatic hydroxyl groups is 1. The third kappa shape index (κ3) is 4.89. The molecule has 0 aromatic carbocycles. The molecule has 0 aromatic heterocycles. The SMILES string of the molecule is C=C(CCC(C(=O)O)C1C(O)C[C@@]2(C)C3=CCC(C(=C)C)[C@](C)(CCC(=O)OC)C3=CC[C@]12C)C(C)C. The van der Waals surface area contributed by atoms with Crippen LogP contribution in [-0.2, 0) is 14.3 Å². The summed E-state index contributed by atoms with van der Waals surface area (Å²) >= 11 is 0. The predicted molar refractivity (Wildman–Crippen MR) is 148 cm³/mol. The number of fused-ring (bicyclic) bond motifs is 3. The number of hydrogen-bond acceptors (Lipinski definition) is 4. The van der Waals surface area contributed by atoms with Gasteiger partial charge in [-0.25, -0.2) is 0 Å². The molecule has 5 nitrogen and oxygen atoms in total. The van der Waals surface area contributed by atoms with E-state index in [2.05, 4.69) is 66.9 Å². The van der Waals surface area contributed by atoms with Gasteiger partial charge < -0.3 is 14.9 Å². The Kier molecular flexibility index (Phi) is 8.39. The average Bonchev–Trinajstić information content (AvgIpc) is 3.02. The first kappa shape index (κ1) is 29.4. The second-order valence-electron chi connectivity index (χ2n) is 12.9. The fourth-order valence-corrected chi connectivity index (χ4v) is 7.95. The third-order valence-corrected chi connectivity index (χ3v) is 10.6. The van der Waals surface area contributed by atoms with Crippen LogP contribution in [0.4, 0.5) is 0 Å². The van der Waals surface area contributed by atoms with Gasteiger partial charge in [0.15, 0.2) is 0 Å². The molecule has 3 rings (SSSR count). The number of carbonyl (C=O) groups excluding carboxylic acids is 1. The number of carboxylic acid groups (broad SMARTS) is 1. The molecule has 0 amide bonds. The van der Waals surface area contributed by atoms with Crippen molar-refractivity contribution in [1.29, 1.82) is 0 Å². The van der Waals surface area contributed by atoms with Crippen molar-refractivity contribution in [2.24, 2.45) is 39.9 Å². The molecule has 206 valence electrons. The Bertz CT molecular complexity index is 1020. The maximum absolute atomic E-state index is 12.6. The Morgan fingerprint density at radius 2 is 1.78 bits per heavy atom. The lowest BCUT2D eigenvalue weighted by atomic mass is 9.48. The molecular weight excluding hydrogens is 464 g/mol. The van der Waals surface area contributed by atoms with Gasteiger partial charge in [0.2, 0.25) is 0 Å². The van der Waals surface area contributed by atoms with Crippen LogP contribution in [0.3, 0.4) is 0 Å². The van der Waals surface area contributed by atoms with Gasteiger partial charge in [-0.15, -0.1) is 0 Å². The molecule has 1 fully saturated rings. The van der Waals surface area contributed by atoms with Crippen molar-refractivity contribution in [3.05, 3.63) is 47.6 Å². The van der Waals surface area contributed by atoms with Gasteiger partial charge in [-0.05, 0) is 79.3 Å². The van der Waals surface area contributed by atoms with Crippen molar-refractivity contribution >= 4 is 11.9 Å². The molecule has 0 heterocycles. The highest BCUT2D eigenvalue weighted by atomic mass is 16.5. The quantitative estimate of drug-likeness (QED) is 0.246. The summed E-state index contributed by atoms with van der Waals surface area (Å²) in [4.78, 5) is 24.7. The molecule has 0 aromatic rings. The lowest BCUT2D eigenvalue weighted by molar-refractivity contribution is -0.148. The molecule has 0 aliphatic heterocycles. The van der Waals surface area contributed by atoms with Crippen molar-refractivity contribution in [2.45, 2.75) is 92.6 Å². The number of carbonyl (C=O) groups is 2. The van der Waals surface area contributed by atoms with Crippen LogP contribution >= 0.6 is 0 Å². The fraction of sp³-hybridized carbons (Fsp3) is 0.688. The second-order valence-corrected chi connectivity index (χ2v) is 12.9. The van der Waals surface area contributed by atoms with E-state index in [1.54, 1.807) is 0 Å². The van der Waals surface area contributed by atoms with Crippen LogP contribution in [0.2, 0.25) is 0 Å². The molecule has 4 unspecified atom stereocenters. The van der Waals surface area contributed by atoms with E-state index in [0.29, 0.717) is 44.4 Å². The van der Waals surface area contributed by atoms with Crippen LogP contribution < -0.4 is 0 Å². The van der Waals surface area contributed by atoms with Gasteiger partial charge in [0.1, 0.15) is 0 Å². The minimum absolute atomic E-state index is 0.205. The van der Waals surface area contributed by atoms with Crippen LogP contribution in [0.5, 0.6) is 0 Å². The van der Waals surface area contributed by atoms with Crippen LogP contribution in [-0.4, -0.2) is 35.4 Å². The second kappa shape index (κ2) is 10.6. The molecule has 7 atom stereocenters. The van der Waals surface area contributed by atoms with E-state index in [4.69, 9.17) is 4.74 Å². The number of ether oxygens (including phenoxy) is 1. The number of rotatable bonds is 10. The molecule has 0 spiro atoms. The largest absolute Gasteiger partial charge is 0.481 e. The first-order chi connectivity index (χ1) is 17.1. The number of methoxy groups -OCH3 is 1. The molecule has 37 heavy (non-hydrogen) atoms.